The van der Waals surface area contributed by atoms with Gasteiger partial charge in [0.1, 0.15) is 6.54 Å². The van der Waals surface area contributed by atoms with Crippen molar-refractivity contribution in [3.05, 3.63) is 87.9 Å². The largest absolute Gasteiger partial charge is 0.418 e. The first kappa shape index (κ1) is 24.9. The van der Waals surface area contributed by atoms with Crippen LogP contribution in [0.4, 0.5) is 24.5 Å². The summed E-state index contributed by atoms with van der Waals surface area (Å²) in [7, 11) is -4.26. The van der Waals surface area contributed by atoms with E-state index in [9.17, 15) is 26.4 Å². The molecule has 3 aromatic rings. The molecule has 0 radical (unpaired) electrons. The van der Waals surface area contributed by atoms with Crippen LogP contribution < -0.4 is 9.62 Å². The Morgan fingerprint density at radius 1 is 0.970 bits per heavy atom. The Kier molecular flexibility index (Phi) is 7.26. The number of hydrogen-bond donors (Lipinski definition) is 1. The first-order valence-electron chi connectivity index (χ1n) is 9.40. The Morgan fingerprint density at radius 3 is 2.18 bits per heavy atom. The Balaban J connectivity index is 1.99. The van der Waals surface area contributed by atoms with E-state index < -0.39 is 39.9 Å². The summed E-state index contributed by atoms with van der Waals surface area (Å²) < 4.78 is 67.7. The van der Waals surface area contributed by atoms with Gasteiger partial charge < -0.3 is 5.32 Å². The second-order valence-electron chi connectivity index (χ2n) is 6.99. The number of nitrogens with one attached hydrogen (secondary N) is 1. The van der Waals surface area contributed by atoms with E-state index in [1.54, 1.807) is 25.1 Å². The van der Waals surface area contributed by atoms with Gasteiger partial charge in [-0.25, -0.2) is 8.42 Å². The number of nitrogens with zero attached hydrogens (tertiary/aromatic N) is 1. The van der Waals surface area contributed by atoms with E-state index in [2.05, 4.69) is 5.32 Å². The summed E-state index contributed by atoms with van der Waals surface area (Å²) >= 11 is 11.5. The third-order valence-electron chi connectivity index (χ3n) is 4.63. The predicted molar refractivity (Wildman–Crippen MR) is 122 cm³/mol. The van der Waals surface area contributed by atoms with Gasteiger partial charge in [-0.15, -0.1) is 0 Å². The number of aryl methyl sites for hydroxylation is 1. The topological polar surface area (TPSA) is 66.5 Å². The molecule has 0 atom stereocenters. The zero-order chi connectivity index (χ0) is 24.4. The molecule has 0 heterocycles. The number of anilines is 2. The lowest BCUT2D eigenvalue weighted by Gasteiger charge is -2.26. The molecule has 174 valence electrons. The minimum Gasteiger partial charge on any atom is -0.324 e. The summed E-state index contributed by atoms with van der Waals surface area (Å²) in [4.78, 5) is 12.6. The van der Waals surface area contributed by atoms with Crippen molar-refractivity contribution < 1.29 is 26.4 Å². The number of para-hydroxylation sites is 1. The van der Waals surface area contributed by atoms with Crippen LogP contribution >= 0.6 is 23.2 Å². The molecule has 0 aliphatic rings. The van der Waals surface area contributed by atoms with Gasteiger partial charge in [0.15, 0.2) is 0 Å². The van der Waals surface area contributed by atoms with E-state index in [0.29, 0.717) is 16.7 Å². The monoisotopic (exact) mass is 516 g/mol. The van der Waals surface area contributed by atoms with Crippen molar-refractivity contribution in [2.24, 2.45) is 0 Å². The highest BCUT2D eigenvalue weighted by molar-refractivity contribution is 7.92. The normalized spacial score (nSPS) is 11.8. The summed E-state index contributed by atoms with van der Waals surface area (Å²) in [5.74, 6) is -0.969. The van der Waals surface area contributed by atoms with Crippen molar-refractivity contribution in [1.82, 2.24) is 0 Å². The number of carbonyl (C=O) groups is 1. The van der Waals surface area contributed by atoms with Gasteiger partial charge in [0.25, 0.3) is 10.0 Å². The Labute approximate surface area is 198 Å². The fraction of sp³-hybridized carbons (Fsp3) is 0.136. The zero-order valence-corrected chi connectivity index (χ0v) is 19.4. The van der Waals surface area contributed by atoms with E-state index in [0.717, 1.165) is 10.4 Å². The number of hydrogen-bond acceptors (Lipinski definition) is 3. The molecule has 0 spiro atoms. The standard InChI is InChI=1S/C22H17Cl2F3N2O3S/c1-14-4-2-3-5-20(14)29(33(31,32)17-9-6-15(23)7-10-17)13-21(30)28-19-11-8-16(24)12-18(19)22(25,26)27/h2-12H,13H2,1H3,(H,28,30). The summed E-state index contributed by atoms with van der Waals surface area (Å²) in [5, 5.41) is 2.31. The molecule has 1 amide bonds. The third kappa shape index (κ3) is 5.79. The molecule has 0 fully saturated rings. The molecule has 0 bridgehead atoms. The first-order valence-corrected chi connectivity index (χ1v) is 11.6. The number of rotatable bonds is 6. The van der Waals surface area contributed by atoms with Gasteiger partial charge in [-0.1, -0.05) is 41.4 Å². The smallest absolute Gasteiger partial charge is 0.324 e. The van der Waals surface area contributed by atoms with Crippen molar-refractivity contribution in [1.29, 1.82) is 0 Å². The number of halogens is 5. The molecule has 11 heteroatoms. The number of carbonyl (C=O) groups excluding carboxylic acids is 1. The average Bonchev–Trinajstić information content (AvgIpc) is 2.73. The van der Waals surface area contributed by atoms with Crippen LogP contribution in [0, 0.1) is 6.92 Å². The molecule has 0 saturated heterocycles. The number of alkyl halides is 3. The molecule has 5 nitrogen and oxygen atoms in total. The molecule has 1 N–H and O–H groups in total. The maximum Gasteiger partial charge on any atom is 0.418 e. The Bertz CT molecular complexity index is 1280. The highest BCUT2D eigenvalue weighted by atomic mass is 35.5. The molecule has 33 heavy (non-hydrogen) atoms. The number of benzene rings is 3. The average molecular weight is 517 g/mol. The summed E-state index contributed by atoms with van der Waals surface area (Å²) in [6.45, 7) is 0.883. The quantitative estimate of drug-likeness (QED) is 0.426. The molecule has 0 unspecified atom stereocenters. The van der Waals surface area contributed by atoms with E-state index in [-0.39, 0.29) is 15.6 Å². The van der Waals surface area contributed by atoms with Crippen LogP contribution in [0.25, 0.3) is 0 Å². The van der Waals surface area contributed by atoms with Crippen molar-refractivity contribution in [2.45, 2.75) is 18.0 Å². The lowest BCUT2D eigenvalue weighted by atomic mass is 10.1. The lowest BCUT2D eigenvalue weighted by molar-refractivity contribution is -0.137. The maximum atomic E-state index is 13.4. The van der Waals surface area contributed by atoms with Crippen molar-refractivity contribution in [3.63, 3.8) is 0 Å². The highest BCUT2D eigenvalue weighted by Crippen LogP contribution is 2.36. The predicted octanol–water partition coefficient (Wildman–Crippen LogP) is 6.15. The van der Waals surface area contributed by atoms with Crippen LogP contribution in [-0.2, 0) is 21.0 Å². The van der Waals surface area contributed by atoms with Gasteiger partial charge in [-0.05, 0) is 61.0 Å². The van der Waals surface area contributed by atoms with Gasteiger partial charge in [0.05, 0.1) is 21.8 Å². The van der Waals surface area contributed by atoms with Crippen molar-refractivity contribution >= 4 is 50.5 Å². The second kappa shape index (κ2) is 9.62. The molecule has 3 aromatic carbocycles. The van der Waals surface area contributed by atoms with Crippen LogP contribution in [0.3, 0.4) is 0 Å². The van der Waals surface area contributed by atoms with E-state index in [1.165, 1.54) is 36.4 Å². The summed E-state index contributed by atoms with van der Waals surface area (Å²) in [5.41, 5.74) is -0.933. The summed E-state index contributed by atoms with van der Waals surface area (Å²) in [6, 6.07) is 14.6. The van der Waals surface area contributed by atoms with Gasteiger partial charge >= 0.3 is 6.18 Å². The number of amides is 1. The highest BCUT2D eigenvalue weighted by Gasteiger charge is 2.35. The fourth-order valence-electron chi connectivity index (χ4n) is 3.06. The minimum absolute atomic E-state index is 0.134. The fourth-order valence-corrected chi connectivity index (χ4v) is 4.84. The summed E-state index contributed by atoms with van der Waals surface area (Å²) in [6.07, 6.45) is -4.78. The van der Waals surface area contributed by atoms with E-state index >= 15 is 0 Å². The van der Waals surface area contributed by atoms with E-state index in [4.69, 9.17) is 23.2 Å². The Morgan fingerprint density at radius 2 is 1.58 bits per heavy atom. The maximum absolute atomic E-state index is 13.4. The number of sulfonamides is 1. The molecule has 0 saturated carbocycles. The minimum atomic E-state index is -4.78. The van der Waals surface area contributed by atoms with Crippen molar-refractivity contribution in [2.75, 3.05) is 16.2 Å². The van der Waals surface area contributed by atoms with Crippen LogP contribution in [-0.4, -0.2) is 20.9 Å². The molecule has 0 aliphatic heterocycles. The molecule has 0 aromatic heterocycles. The van der Waals surface area contributed by atoms with Crippen LogP contribution in [0.1, 0.15) is 11.1 Å². The van der Waals surface area contributed by atoms with Gasteiger partial charge in [0.2, 0.25) is 5.91 Å². The SMILES string of the molecule is Cc1ccccc1N(CC(=O)Nc1ccc(Cl)cc1C(F)(F)F)S(=O)(=O)c1ccc(Cl)cc1. The molecular weight excluding hydrogens is 500 g/mol. The Hall–Kier alpha value is -2.75. The van der Waals surface area contributed by atoms with Gasteiger partial charge in [-0.3, -0.25) is 9.10 Å². The van der Waals surface area contributed by atoms with Gasteiger partial charge in [0, 0.05) is 10.0 Å². The van der Waals surface area contributed by atoms with E-state index in [1.807, 2.05) is 0 Å². The second-order valence-corrected chi connectivity index (χ2v) is 9.72. The zero-order valence-electron chi connectivity index (χ0n) is 17.0. The molecular formula is C22H17Cl2F3N2O3S. The van der Waals surface area contributed by atoms with Crippen LogP contribution in [0.15, 0.2) is 71.6 Å². The van der Waals surface area contributed by atoms with Crippen LogP contribution in [0.5, 0.6) is 0 Å². The van der Waals surface area contributed by atoms with Gasteiger partial charge in [-0.2, -0.15) is 13.2 Å². The molecule has 0 aliphatic carbocycles. The van der Waals surface area contributed by atoms with Crippen molar-refractivity contribution in [3.8, 4) is 0 Å². The molecule has 3 rings (SSSR count). The first-order chi connectivity index (χ1) is 15.4. The lowest BCUT2D eigenvalue weighted by Crippen LogP contribution is -2.38. The third-order valence-corrected chi connectivity index (χ3v) is 6.90. The van der Waals surface area contributed by atoms with Crippen LogP contribution in [0.2, 0.25) is 10.0 Å².